The van der Waals surface area contributed by atoms with Crippen LogP contribution in [-0.2, 0) is 4.79 Å². The number of likely N-dealkylation sites (tertiary alicyclic amines) is 1. The number of para-hydroxylation sites is 2. The summed E-state index contributed by atoms with van der Waals surface area (Å²) in [6.45, 7) is 3.50. The largest absolute Gasteiger partial charge is 0.440 e. The van der Waals surface area contributed by atoms with Gasteiger partial charge in [-0.3, -0.25) is 14.5 Å². The maximum Gasteiger partial charge on any atom is 0.238 e. The smallest absolute Gasteiger partial charge is 0.238 e. The summed E-state index contributed by atoms with van der Waals surface area (Å²) in [6, 6.07) is 14.8. The Labute approximate surface area is 163 Å². The van der Waals surface area contributed by atoms with Crippen molar-refractivity contribution in [2.24, 2.45) is 0 Å². The molecular weight excluding hydrogens is 354 g/mol. The molecule has 0 radical (unpaired) electrons. The van der Waals surface area contributed by atoms with Gasteiger partial charge in [0.05, 0.1) is 6.54 Å². The Morgan fingerprint density at radius 2 is 1.93 bits per heavy atom. The standard InChI is InChI=1S/C22H23N3O3/c1-15(26)17-5-4-6-18(13-17)23-21(27)14-25-11-9-16(10-12-25)22-24-19-7-2-3-8-20(19)28-22/h2-8,13,16H,9-12,14H2,1H3,(H,23,27). The second-order valence-electron chi connectivity index (χ2n) is 7.26. The Morgan fingerprint density at radius 1 is 1.14 bits per heavy atom. The lowest BCUT2D eigenvalue weighted by Crippen LogP contribution is -2.38. The maximum absolute atomic E-state index is 12.4. The van der Waals surface area contributed by atoms with E-state index in [4.69, 9.17) is 4.42 Å². The van der Waals surface area contributed by atoms with E-state index in [1.54, 1.807) is 24.3 Å². The lowest BCUT2D eigenvalue weighted by atomic mass is 9.97. The number of aromatic nitrogens is 1. The van der Waals surface area contributed by atoms with Crippen LogP contribution in [-0.4, -0.2) is 41.2 Å². The molecule has 2 heterocycles. The molecule has 1 amide bonds. The van der Waals surface area contributed by atoms with Gasteiger partial charge < -0.3 is 9.73 Å². The fourth-order valence-electron chi connectivity index (χ4n) is 3.62. The fourth-order valence-corrected chi connectivity index (χ4v) is 3.62. The van der Waals surface area contributed by atoms with E-state index >= 15 is 0 Å². The number of nitrogens with one attached hydrogen (secondary N) is 1. The predicted octanol–water partition coefficient (Wildman–Crippen LogP) is 3.85. The first-order valence-electron chi connectivity index (χ1n) is 9.57. The molecule has 0 bridgehead atoms. The average molecular weight is 377 g/mol. The Bertz CT molecular complexity index is 970. The molecule has 0 unspecified atom stereocenters. The van der Waals surface area contributed by atoms with Crippen molar-refractivity contribution in [1.29, 1.82) is 0 Å². The number of amides is 1. The summed E-state index contributed by atoms with van der Waals surface area (Å²) in [6.07, 6.45) is 1.83. The monoisotopic (exact) mass is 377 g/mol. The molecule has 1 aliphatic heterocycles. The molecule has 6 nitrogen and oxygen atoms in total. The van der Waals surface area contributed by atoms with Gasteiger partial charge in [0, 0.05) is 17.2 Å². The summed E-state index contributed by atoms with van der Waals surface area (Å²) in [7, 11) is 0. The van der Waals surface area contributed by atoms with Crippen LogP contribution in [0.1, 0.15) is 41.9 Å². The number of piperidine rings is 1. The second-order valence-corrected chi connectivity index (χ2v) is 7.26. The lowest BCUT2D eigenvalue weighted by molar-refractivity contribution is -0.117. The molecule has 0 atom stereocenters. The van der Waals surface area contributed by atoms with Gasteiger partial charge in [0.1, 0.15) is 5.52 Å². The molecule has 1 aromatic heterocycles. The molecule has 1 aliphatic rings. The van der Waals surface area contributed by atoms with Crippen LogP contribution in [0.15, 0.2) is 52.9 Å². The second kappa shape index (κ2) is 7.94. The minimum atomic E-state index is -0.0685. The quantitative estimate of drug-likeness (QED) is 0.684. The highest BCUT2D eigenvalue weighted by Crippen LogP contribution is 2.29. The number of ketones is 1. The van der Waals surface area contributed by atoms with Crippen LogP contribution < -0.4 is 5.32 Å². The number of Topliss-reactive ketones (excluding diaryl/α,β-unsaturated/α-hetero) is 1. The zero-order valence-electron chi connectivity index (χ0n) is 15.9. The molecule has 1 saturated heterocycles. The van der Waals surface area contributed by atoms with Crippen molar-refractivity contribution in [1.82, 2.24) is 9.88 Å². The highest BCUT2D eigenvalue weighted by Gasteiger charge is 2.25. The van der Waals surface area contributed by atoms with Gasteiger partial charge in [0.2, 0.25) is 5.91 Å². The number of rotatable bonds is 5. The molecule has 0 spiro atoms. The van der Waals surface area contributed by atoms with Gasteiger partial charge >= 0.3 is 0 Å². The van der Waals surface area contributed by atoms with Crippen molar-refractivity contribution in [2.75, 3.05) is 25.0 Å². The molecule has 1 fully saturated rings. The Balaban J connectivity index is 1.31. The third kappa shape index (κ3) is 4.12. The van der Waals surface area contributed by atoms with E-state index in [1.807, 2.05) is 24.3 Å². The predicted molar refractivity (Wildman–Crippen MR) is 108 cm³/mol. The number of fused-ring (bicyclic) bond motifs is 1. The van der Waals surface area contributed by atoms with E-state index in [2.05, 4.69) is 15.2 Å². The van der Waals surface area contributed by atoms with Crippen LogP contribution in [0.3, 0.4) is 0 Å². The number of nitrogens with zero attached hydrogens (tertiary/aromatic N) is 2. The van der Waals surface area contributed by atoms with E-state index < -0.39 is 0 Å². The third-order valence-corrected chi connectivity index (χ3v) is 5.17. The zero-order valence-corrected chi connectivity index (χ0v) is 15.9. The number of oxazole rings is 1. The Kier molecular flexibility index (Phi) is 5.21. The molecular formula is C22H23N3O3. The van der Waals surface area contributed by atoms with E-state index in [0.29, 0.717) is 23.7 Å². The zero-order chi connectivity index (χ0) is 19.5. The Hall–Kier alpha value is -2.99. The first-order chi connectivity index (χ1) is 13.6. The SMILES string of the molecule is CC(=O)c1cccc(NC(=O)CN2CCC(c3nc4ccccc4o3)CC2)c1. The van der Waals surface area contributed by atoms with Gasteiger partial charge in [0.25, 0.3) is 0 Å². The number of carbonyl (C=O) groups excluding carboxylic acids is 2. The van der Waals surface area contributed by atoms with Crippen molar-refractivity contribution in [3.8, 4) is 0 Å². The normalized spacial score (nSPS) is 15.6. The fraction of sp³-hybridized carbons (Fsp3) is 0.318. The molecule has 1 N–H and O–H groups in total. The molecule has 144 valence electrons. The molecule has 0 saturated carbocycles. The third-order valence-electron chi connectivity index (χ3n) is 5.17. The van der Waals surface area contributed by atoms with Crippen molar-refractivity contribution in [3.05, 3.63) is 60.0 Å². The molecule has 3 aromatic rings. The highest BCUT2D eigenvalue weighted by molar-refractivity contribution is 5.97. The van der Waals surface area contributed by atoms with Crippen LogP contribution in [0.4, 0.5) is 5.69 Å². The molecule has 2 aromatic carbocycles. The minimum Gasteiger partial charge on any atom is -0.440 e. The maximum atomic E-state index is 12.4. The number of carbonyl (C=O) groups is 2. The van der Waals surface area contributed by atoms with Crippen molar-refractivity contribution < 1.29 is 14.0 Å². The van der Waals surface area contributed by atoms with Crippen LogP contribution in [0.2, 0.25) is 0 Å². The van der Waals surface area contributed by atoms with E-state index in [9.17, 15) is 9.59 Å². The van der Waals surface area contributed by atoms with Crippen LogP contribution >= 0.6 is 0 Å². The molecule has 6 heteroatoms. The summed E-state index contributed by atoms with van der Waals surface area (Å²) in [4.78, 5) is 30.6. The topological polar surface area (TPSA) is 75.4 Å². The minimum absolute atomic E-state index is 0.0163. The van der Waals surface area contributed by atoms with E-state index in [0.717, 1.165) is 42.9 Å². The van der Waals surface area contributed by atoms with Crippen molar-refractivity contribution >= 4 is 28.5 Å². The van der Waals surface area contributed by atoms with Crippen molar-refractivity contribution in [2.45, 2.75) is 25.7 Å². The first-order valence-corrected chi connectivity index (χ1v) is 9.57. The first kappa shape index (κ1) is 18.4. The summed E-state index contributed by atoms with van der Waals surface area (Å²) in [5.74, 6) is 1.00. The molecule has 0 aliphatic carbocycles. The summed E-state index contributed by atoms with van der Waals surface area (Å²) >= 11 is 0. The summed E-state index contributed by atoms with van der Waals surface area (Å²) < 4.78 is 5.90. The summed E-state index contributed by atoms with van der Waals surface area (Å²) in [5.41, 5.74) is 2.97. The number of hydrogen-bond acceptors (Lipinski definition) is 5. The van der Waals surface area contributed by atoms with Crippen LogP contribution in [0, 0.1) is 0 Å². The molecule has 4 rings (SSSR count). The van der Waals surface area contributed by atoms with Gasteiger partial charge in [-0.2, -0.15) is 0 Å². The number of benzene rings is 2. The van der Waals surface area contributed by atoms with Crippen molar-refractivity contribution in [3.63, 3.8) is 0 Å². The van der Waals surface area contributed by atoms with Gasteiger partial charge in [-0.25, -0.2) is 4.98 Å². The number of hydrogen-bond donors (Lipinski definition) is 1. The highest BCUT2D eigenvalue weighted by atomic mass is 16.3. The average Bonchev–Trinajstić information content (AvgIpc) is 3.13. The van der Waals surface area contributed by atoms with E-state index in [1.165, 1.54) is 6.92 Å². The van der Waals surface area contributed by atoms with Gasteiger partial charge in [-0.05, 0) is 57.1 Å². The number of anilines is 1. The Morgan fingerprint density at radius 3 is 2.68 bits per heavy atom. The van der Waals surface area contributed by atoms with Gasteiger partial charge in [0.15, 0.2) is 17.3 Å². The van der Waals surface area contributed by atoms with Crippen LogP contribution in [0.25, 0.3) is 11.1 Å². The van der Waals surface area contributed by atoms with Gasteiger partial charge in [-0.15, -0.1) is 0 Å². The van der Waals surface area contributed by atoms with Gasteiger partial charge in [-0.1, -0.05) is 24.3 Å². The summed E-state index contributed by atoms with van der Waals surface area (Å²) in [5, 5.41) is 2.88. The van der Waals surface area contributed by atoms with E-state index in [-0.39, 0.29) is 11.7 Å². The molecule has 28 heavy (non-hydrogen) atoms. The lowest BCUT2D eigenvalue weighted by Gasteiger charge is -2.29. The van der Waals surface area contributed by atoms with Crippen LogP contribution in [0.5, 0.6) is 0 Å².